The Balaban J connectivity index is 0.000000770. The molecule has 1 aromatic rings. The molecule has 0 N–H and O–H groups in total. The molecule has 98 valence electrons. The van der Waals surface area contributed by atoms with Crippen molar-refractivity contribution in [2.75, 3.05) is 14.2 Å². The number of hydrogen-bond donors (Lipinski definition) is 0. The molecule has 0 fully saturated rings. The Hall–Kier alpha value is -1.18. The summed E-state index contributed by atoms with van der Waals surface area (Å²) in [6.45, 7) is 8.56. The number of hydrogen-bond acceptors (Lipinski definition) is 2. The first-order valence-electron chi connectivity index (χ1n) is 6.41. The maximum atomic E-state index is 5.25. The van der Waals surface area contributed by atoms with Crippen molar-refractivity contribution in [1.29, 1.82) is 0 Å². The second-order valence-electron chi connectivity index (χ2n) is 3.89. The molecule has 1 aromatic carbocycles. The molecule has 0 spiro atoms. The summed E-state index contributed by atoms with van der Waals surface area (Å²) in [5.41, 5.74) is 2.68. The van der Waals surface area contributed by atoms with Gasteiger partial charge >= 0.3 is 0 Å². The van der Waals surface area contributed by atoms with E-state index < -0.39 is 0 Å². The molecule has 0 saturated heterocycles. The normalized spacial score (nSPS) is 9.29. The van der Waals surface area contributed by atoms with Gasteiger partial charge in [-0.05, 0) is 36.1 Å². The van der Waals surface area contributed by atoms with Gasteiger partial charge in [0, 0.05) is 0 Å². The first-order valence-corrected chi connectivity index (χ1v) is 6.41. The average Bonchev–Trinajstić information content (AvgIpc) is 2.37. The predicted molar refractivity (Wildman–Crippen MR) is 74.3 cm³/mol. The van der Waals surface area contributed by atoms with Crippen molar-refractivity contribution in [3.05, 3.63) is 23.3 Å². The molecule has 17 heavy (non-hydrogen) atoms. The average molecular weight is 238 g/mol. The zero-order valence-electron chi connectivity index (χ0n) is 12.1. The molecule has 1 rings (SSSR count). The summed E-state index contributed by atoms with van der Waals surface area (Å²) in [4.78, 5) is 0. The van der Waals surface area contributed by atoms with Crippen LogP contribution in [0, 0.1) is 0 Å². The molecule has 0 aliphatic carbocycles. The summed E-state index contributed by atoms with van der Waals surface area (Å²) < 4.78 is 10.5. The van der Waals surface area contributed by atoms with Crippen molar-refractivity contribution in [3.8, 4) is 11.5 Å². The molecule has 2 heteroatoms. The Labute approximate surface area is 106 Å². The Morgan fingerprint density at radius 2 is 1.06 bits per heavy atom. The Morgan fingerprint density at radius 3 is 1.24 bits per heavy atom. The van der Waals surface area contributed by atoms with Crippen molar-refractivity contribution in [3.63, 3.8) is 0 Å². The Morgan fingerprint density at radius 1 is 0.765 bits per heavy atom. The highest BCUT2D eigenvalue weighted by molar-refractivity contribution is 5.47. The summed E-state index contributed by atoms with van der Waals surface area (Å²) >= 11 is 0. The second-order valence-corrected chi connectivity index (χ2v) is 3.89. The van der Waals surface area contributed by atoms with Gasteiger partial charge in [-0.1, -0.05) is 34.1 Å². The first kappa shape index (κ1) is 15.8. The molecular weight excluding hydrogens is 212 g/mol. The van der Waals surface area contributed by atoms with Crippen LogP contribution in [0.4, 0.5) is 0 Å². The molecule has 0 aromatic heterocycles. The van der Waals surface area contributed by atoms with Crippen LogP contribution in [-0.2, 0) is 12.8 Å². The van der Waals surface area contributed by atoms with Gasteiger partial charge in [-0.25, -0.2) is 0 Å². The van der Waals surface area contributed by atoms with E-state index in [1.54, 1.807) is 14.2 Å². The van der Waals surface area contributed by atoms with Gasteiger partial charge < -0.3 is 9.47 Å². The summed E-state index contributed by atoms with van der Waals surface area (Å²) in [7, 11) is 3.34. The quantitative estimate of drug-likeness (QED) is 0.781. The van der Waals surface area contributed by atoms with E-state index in [0.29, 0.717) is 0 Å². The molecule has 0 heterocycles. The second kappa shape index (κ2) is 8.91. The predicted octanol–water partition coefficient (Wildman–Crippen LogP) is 4.24. The molecule has 0 atom stereocenters. The van der Waals surface area contributed by atoms with E-state index in [2.05, 4.69) is 39.8 Å². The third kappa shape index (κ3) is 4.68. The summed E-state index contributed by atoms with van der Waals surface area (Å²) in [5, 5.41) is 0. The van der Waals surface area contributed by atoms with Gasteiger partial charge in [0.2, 0.25) is 0 Å². The molecule has 0 saturated carbocycles. The fraction of sp³-hybridized carbons (Fsp3) is 0.600. The lowest BCUT2D eigenvalue weighted by Crippen LogP contribution is -1.96. The van der Waals surface area contributed by atoms with Crippen LogP contribution in [0.3, 0.4) is 0 Å². The summed E-state index contributed by atoms with van der Waals surface area (Å²) in [5.74, 6) is 1.64. The highest BCUT2D eigenvalue weighted by Crippen LogP contribution is 2.30. The van der Waals surface area contributed by atoms with Crippen LogP contribution < -0.4 is 9.47 Å². The molecule has 0 amide bonds. The lowest BCUT2D eigenvalue weighted by molar-refractivity contribution is 0.354. The number of methoxy groups -OCH3 is 2. The standard InChI is InChI=1S/C12H18O2.C3H8/c1-5-9-7-11(13-3)12(14-4)8-10(9)6-2;1-3-2/h7-8H,5-6H2,1-4H3;3H2,1-2H3. The minimum Gasteiger partial charge on any atom is -0.493 e. The third-order valence-corrected chi connectivity index (χ3v) is 2.47. The van der Waals surface area contributed by atoms with E-state index in [1.807, 2.05) is 0 Å². The van der Waals surface area contributed by atoms with Crippen LogP contribution >= 0.6 is 0 Å². The molecule has 2 nitrogen and oxygen atoms in total. The molecule has 0 unspecified atom stereocenters. The van der Waals surface area contributed by atoms with Gasteiger partial charge in [-0.3, -0.25) is 0 Å². The molecule has 0 aliphatic heterocycles. The summed E-state index contributed by atoms with van der Waals surface area (Å²) in [6, 6.07) is 4.13. The van der Waals surface area contributed by atoms with Crippen LogP contribution in [-0.4, -0.2) is 14.2 Å². The van der Waals surface area contributed by atoms with Crippen LogP contribution in [0.5, 0.6) is 11.5 Å². The van der Waals surface area contributed by atoms with Crippen LogP contribution in [0.25, 0.3) is 0 Å². The van der Waals surface area contributed by atoms with E-state index in [9.17, 15) is 0 Å². The van der Waals surface area contributed by atoms with Gasteiger partial charge in [-0.2, -0.15) is 0 Å². The van der Waals surface area contributed by atoms with Gasteiger partial charge in [0.25, 0.3) is 0 Å². The van der Waals surface area contributed by atoms with Crippen molar-refractivity contribution in [2.24, 2.45) is 0 Å². The number of aryl methyl sites for hydroxylation is 2. The number of benzene rings is 1. The smallest absolute Gasteiger partial charge is 0.161 e. The number of ether oxygens (including phenoxy) is 2. The first-order chi connectivity index (χ1) is 8.18. The molecule has 0 aliphatic rings. The SMILES string of the molecule is CCC.CCc1cc(OC)c(OC)cc1CC. The minimum atomic E-state index is 0.821. The lowest BCUT2D eigenvalue weighted by atomic mass is 10.0. The van der Waals surface area contributed by atoms with E-state index in [0.717, 1.165) is 24.3 Å². The van der Waals surface area contributed by atoms with Crippen LogP contribution in [0.2, 0.25) is 0 Å². The fourth-order valence-electron chi connectivity index (χ4n) is 1.62. The Kier molecular flexibility index (Phi) is 8.29. The van der Waals surface area contributed by atoms with Crippen LogP contribution in [0.1, 0.15) is 45.2 Å². The van der Waals surface area contributed by atoms with Crippen molar-refractivity contribution < 1.29 is 9.47 Å². The zero-order valence-corrected chi connectivity index (χ0v) is 12.1. The maximum absolute atomic E-state index is 5.25. The van der Waals surface area contributed by atoms with Gasteiger partial charge in [0.05, 0.1) is 14.2 Å². The third-order valence-electron chi connectivity index (χ3n) is 2.47. The van der Waals surface area contributed by atoms with E-state index in [-0.39, 0.29) is 0 Å². The van der Waals surface area contributed by atoms with E-state index in [1.165, 1.54) is 17.5 Å². The molecule has 0 radical (unpaired) electrons. The highest BCUT2D eigenvalue weighted by Gasteiger charge is 2.08. The maximum Gasteiger partial charge on any atom is 0.161 e. The van der Waals surface area contributed by atoms with Gasteiger partial charge in [0.15, 0.2) is 11.5 Å². The van der Waals surface area contributed by atoms with Gasteiger partial charge in [-0.15, -0.1) is 0 Å². The molecular formula is C15H26O2. The fourth-order valence-corrected chi connectivity index (χ4v) is 1.62. The van der Waals surface area contributed by atoms with Crippen LogP contribution in [0.15, 0.2) is 12.1 Å². The van der Waals surface area contributed by atoms with E-state index in [4.69, 9.17) is 9.47 Å². The molecule has 0 bridgehead atoms. The van der Waals surface area contributed by atoms with E-state index >= 15 is 0 Å². The van der Waals surface area contributed by atoms with Crippen molar-refractivity contribution in [1.82, 2.24) is 0 Å². The summed E-state index contributed by atoms with van der Waals surface area (Å²) in [6.07, 6.45) is 3.31. The Bertz CT molecular complexity index is 261. The highest BCUT2D eigenvalue weighted by atomic mass is 16.5. The topological polar surface area (TPSA) is 18.5 Å². The zero-order chi connectivity index (χ0) is 13.3. The lowest BCUT2D eigenvalue weighted by Gasteiger charge is -2.12. The van der Waals surface area contributed by atoms with Gasteiger partial charge in [0.1, 0.15) is 0 Å². The monoisotopic (exact) mass is 238 g/mol. The largest absolute Gasteiger partial charge is 0.493 e. The number of rotatable bonds is 4. The minimum absolute atomic E-state index is 0.821. The van der Waals surface area contributed by atoms with Crippen molar-refractivity contribution >= 4 is 0 Å². The van der Waals surface area contributed by atoms with Crippen molar-refractivity contribution in [2.45, 2.75) is 47.0 Å².